The van der Waals surface area contributed by atoms with Crippen LogP contribution >= 0.6 is 11.6 Å². The Morgan fingerprint density at radius 3 is 2.62 bits per heavy atom. The summed E-state index contributed by atoms with van der Waals surface area (Å²) in [6.45, 7) is 3.89. The molecule has 0 spiro atoms. The van der Waals surface area contributed by atoms with Crippen molar-refractivity contribution in [1.29, 1.82) is 0 Å². The van der Waals surface area contributed by atoms with E-state index in [4.69, 9.17) is 16.3 Å². The molecule has 2 rings (SSSR count). The van der Waals surface area contributed by atoms with Gasteiger partial charge in [-0.3, -0.25) is 4.79 Å². The number of nitrogens with zero attached hydrogens (tertiary/aromatic N) is 3. The van der Waals surface area contributed by atoms with E-state index in [1.807, 2.05) is 13.8 Å². The monoisotopic (exact) mass is 306 g/mol. The zero-order valence-electron chi connectivity index (χ0n) is 11.9. The topological polar surface area (TPSA) is 77.0 Å². The summed E-state index contributed by atoms with van der Waals surface area (Å²) in [7, 11) is 1.52. The number of methoxy groups -OCH3 is 1. The predicted octanol–water partition coefficient (Wildman–Crippen LogP) is 2.91. The zero-order chi connectivity index (χ0) is 15.4. The average Bonchev–Trinajstić information content (AvgIpc) is 2.48. The Morgan fingerprint density at radius 1 is 1.29 bits per heavy atom. The van der Waals surface area contributed by atoms with E-state index in [-0.39, 0.29) is 16.6 Å². The molecule has 2 aromatic rings. The molecule has 21 heavy (non-hydrogen) atoms. The number of pyridine rings is 1. The lowest BCUT2D eigenvalue weighted by molar-refractivity contribution is 0.102. The van der Waals surface area contributed by atoms with E-state index >= 15 is 0 Å². The van der Waals surface area contributed by atoms with Crippen molar-refractivity contribution >= 4 is 23.2 Å². The highest BCUT2D eigenvalue weighted by molar-refractivity contribution is 6.33. The maximum Gasteiger partial charge on any atom is 0.275 e. The van der Waals surface area contributed by atoms with Crippen LogP contribution in [0, 0.1) is 0 Å². The van der Waals surface area contributed by atoms with Crippen LogP contribution in [0.4, 0.5) is 5.69 Å². The molecule has 0 aromatic carbocycles. The molecule has 0 bridgehead atoms. The minimum Gasteiger partial charge on any atom is -0.481 e. The second-order valence-corrected chi connectivity index (χ2v) is 5.03. The summed E-state index contributed by atoms with van der Waals surface area (Å²) in [5, 5.41) is 2.89. The van der Waals surface area contributed by atoms with Crippen LogP contribution in [0.5, 0.6) is 5.88 Å². The van der Waals surface area contributed by atoms with Crippen molar-refractivity contribution in [1.82, 2.24) is 15.0 Å². The fourth-order valence-electron chi connectivity index (χ4n) is 1.58. The summed E-state index contributed by atoms with van der Waals surface area (Å²) < 4.78 is 4.95. The molecule has 0 radical (unpaired) electrons. The Morgan fingerprint density at radius 2 is 2.05 bits per heavy atom. The molecule has 0 aliphatic rings. The van der Waals surface area contributed by atoms with Gasteiger partial charge in [0.05, 0.1) is 30.2 Å². The lowest BCUT2D eigenvalue weighted by Crippen LogP contribution is -2.16. The first-order valence-corrected chi connectivity index (χ1v) is 6.73. The van der Waals surface area contributed by atoms with Crippen molar-refractivity contribution in [2.24, 2.45) is 0 Å². The number of amides is 1. The summed E-state index contributed by atoms with van der Waals surface area (Å²) in [4.78, 5) is 24.5. The lowest BCUT2D eigenvalue weighted by Gasteiger charge is -2.09. The summed E-state index contributed by atoms with van der Waals surface area (Å²) >= 11 is 5.99. The van der Waals surface area contributed by atoms with Gasteiger partial charge in [-0.05, 0) is 6.07 Å². The molecule has 0 saturated carbocycles. The van der Waals surface area contributed by atoms with Crippen LogP contribution in [-0.4, -0.2) is 28.0 Å². The number of carbonyl (C=O) groups is 1. The van der Waals surface area contributed by atoms with Crippen molar-refractivity contribution in [2.45, 2.75) is 19.8 Å². The average molecular weight is 307 g/mol. The number of aromatic nitrogens is 3. The van der Waals surface area contributed by atoms with Crippen LogP contribution in [0.1, 0.15) is 36.1 Å². The van der Waals surface area contributed by atoms with Gasteiger partial charge in [-0.1, -0.05) is 25.4 Å². The molecule has 7 heteroatoms. The standard InChI is InChI=1S/C14H15ClN4O2/c1-8(2)13-17-7-10(15)12(19-13)14(20)18-9-4-5-11(21-3)16-6-9/h4-8H,1-3H3,(H,18,20). The smallest absolute Gasteiger partial charge is 0.275 e. The highest BCUT2D eigenvalue weighted by atomic mass is 35.5. The van der Waals surface area contributed by atoms with Gasteiger partial charge in [0.15, 0.2) is 5.69 Å². The number of rotatable bonds is 4. The second kappa shape index (κ2) is 6.49. The number of ether oxygens (including phenoxy) is 1. The number of nitrogens with one attached hydrogen (secondary N) is 1. The minimum atomic E-state index is -0.406. The van der Waals surface area contributed by atoms with E-state index < -0.39 is 5.91 Å². The van der Waals surface area contributed by atoms with Crippen LogP contribution in [-0.2, 0) is 0 Å². The third-order valence-electron chi connectivity index (χ3n) is 2.70. The fourth-order valence-corrected chi connectivity index (χ4v) is 1.76. The molecular weight excluding hydrogens is 292 g/mol. The van der Waals surface area contributed by atoms with Crippen LogP contribution in [0.2, 0.25) is 5.02 Å². The molecule has 2 aromatic heterocycles. The molecule has 0 aliphatic heterocycles. The molecular formula is C14H15ClN4O2. The van der Waals surface area contributed by atoms with E-state index in [9.17, 15) is 4.79 Å². The molecule has 0 unspecified atom stereocenters. The summed E-state index contributed by atoms with van der Waals surface area (Å²) in [5.74, 6) is 0.736. The number of hydrogen-bond donors (Lipinski definition) is 1. The second-order valence-electron chi connectivity index (χ2n) is 4.62. The molecule has 2 heterocycles. The van der Waals surface area contributed by atoms with Gasteiger partial charge < -0.3 is 10.1 Å². The summed E-state index contributed by atoms with van der Waals surface area (Å²) in [6.07, 6.45) is 2.93. The van der Waals surface area contributed by atoms with Gasteiger partial charge in [-0.15, -0.1) is 0 Å². The van der Waals surface area contributed by atoms with Gasteiger partial charge in [0.25, 0.3) is 5.91 Å². The third-order valence-corrected chi connectivity index (χ3v) is 2.97. The van der Waals surface area contributed by atoms with Crippen LogP contribution in [0.3, 0.4) is 0 Å². The van der Waals surface area contributed by atoms with Crippen molar-refractivity contribution < 1.29 is 9.53 Å². The Labute approximate surface area is 127 Å². The molecule has 0 saturated heterocycles. The third kappa shape index (κ3) is 3.66. The minimum absolute atomic E-state index is 0.108. The Balaban J connectivity index is 2.21. The van der Waals surface area contributed by atoms with Crippen molar-refractivity contribution in [3.63, 3.8) is 0 Å². The van der Waals surface area contributed by atoms with E-state index in [0.717, 1.165) is 0 Å². The van der Waals surface area contributed by atoms with Gasteiger partial charge in [0.1, 0.15) is 5.82 Å². The molecule has 1 N–H and O–H groups in total. The van der Waals surface area contributed by atoms with Gasteiger partial charge in [0, 0.05) is 12.0 Å². The quantitative estimate of drug-likeness (QED) is 0.939. The Kier molecular flexibility index (Phi) is 4.70. The molecule has 6 nitrogen and oxygen atoms in total. The van der Waals surface area contributed by atoms with Crippen molar-refractivity contribution in [3.8, 4) is 5.88 Å². The summed E-state index contributed by atoms with van der Waals surface area (Å²) in [6, 6.07) is 3.33. The lowest BCUT2D eigenvalue weighted by atomic mass is 10.2. The highest BCUT2D eigenvalue weighted by Gasteiger charge is 2.15. The highest BCUT2D eigenvalue weighted by Crippen LogP contribution is 2.18. The largest absolute Gasteiger partial charge is 0.481 e. The van der Waals surface area contributed by atoms with Crippen molar-refractivity contribution in [2.75, 3.05) is 12.4 Å². The Hall–Kier alpha value is -2.21. The van der Waals surface area contributed by atoms with Crippen LogP contribution in [0.25, 0.3) is 0 Å². The molecule has 0 atom stereocenters. The van der Waals surface area contributed by atoms with Gasteiger partial charge in [-0.2, -0.15) is 0 Å². The molecule has 1 amide bonds. The van der Waals surface area contributed by atoms with Crippen LogP contribution in [0.15, 0.2) is 24.5 Å². The Bertz CT molecular complexity index is 644. The van der Waals surface area contributed by atoms with Gasteiger partial charge >= 0.3 is 0 Å². The molecule has 0 fully saturated rings. The molecule has 110 valence electrons. The van der Waals surface area contributed by atoms with E-state index in [1.54, 1.807) is 12.1 Å². The van der Waals surface area contributed by atoms with Gasteiger partial charge in [-0.25, -0.2) is 15.0 Å². The van der Waals surface area contributed by atoms with Gasteiger partial charge in [0.2, 0.25) is 5.88 Å². The zero-order valence-corrected chi connectivity index (χ0v) is 12.7. The first kappa shape index (κ1) is 15.2. The van der Waals surface area contributed by atoms with E-state index in [0.29, 0.717) is 17.4 Å². The first-order chi connectivity index (χ1) is 10.0. The SMILES string of the molecule is COc1ccc(NC(=O)c2nc(C(C)C)ncc2Cl)cn1. The number of halogens is 1. The first-order valence-electron chi connectivity index (χ1n) is 6.35. The predicted molar refractivity (Wildman–Crippen MR) is 79.9 cm³/mol. The fraction of sp³-hybridized carbons (Fsp3) is 0.286. The number of anilines is 1. The molecule has 0 aliphatic carbocycles. The van der Waals surface area contributed by atoms with E-state index in [2.05, 4.69) is 20.3 Å². The normalized spacial score (nSPS) is 10.5. The van der Waals surface area contributed by atoms with E-state index in [1.165, 1.54) is 19.5 Å². The summed E-state index contributed by atoms with van der Waals surface area (Å²) in [5.41, 5.74) is 0.674. The van der Waals surface area contributed by atoms with Crippen molar-refractivity contribution in [3.05, 3.63) is 41.1 Å². The number of carbonyl (C=O) groups excluding carboxylic acids is 1. The van der Waals surface area contributed by atoms with Crippen LogP contribution < -0.4 is 10.1 Å². The number of hydrogen-bond acceptors (Lipinski definition) is 5. The maximum atomic E-state index is 12.2. The maximum absolute atomic E-state index is 12.2.